The first-order valence-electron chi connectivity index (χ1n) is 7.99. The van der Waals surface area contributed by atoms with E-state index in [4.69, 9.17) is 4.74 Å². The third-order valence-electron chi connectivity index (χ3n) is 4.63. The molecule has 1 aromatic rings. The van der Waals surface area contributed by atoms with Gasteiger partial charge in [-0.1, -0.05) is 31.2 Å². The number of aryl methyl sites for hydroxylation is 1. The predicted molar refractivity (Wildman–Crippen MR) is 82.1 cm³/mol. The Morgan fingerprint density at radius 1 is 1.38 bits per heavy atom. The second-order valence-electron chi connectivity index (χ2n) is 5.87. The minimum Gasteiger partial charge on any atom is -0.379 e. The molecule has 1 saturated heterocycles. The maximum Gasteiger partial charge on any atom is 0.237 e. The van der Waals surface area contributed by atoms with Crippen LogP contribution >= 0.6 is 0 Å². The van der Waals surface area contributed by atoms with Gasteiger partial charge in [0.05, 0.1) is 25.3 Å². The van der Waals surface area contributed by atoms with Crippen molar-refractivity contribution in [2.75, 3.05) is 26.3 Å². The lowest BCUT2D eigenvalue weighted by Gasteiger charge is -2.33. The van der Waals surface area contributed by atoms with Gasteiger partial charge in [-0.15, -0.1) is 0 Å². The van der Waals surface area contributed by atoms with Crippen LogP contribution < -0.4 is 5.32 Å². The van der Waals surface area contributed by atoms with Crippen LogP contribution in [0.25, 0.3) is 0 Å². The van der Waals surface area contributed by atoms with Gasteiger partial charge in [0.25, 0.3) is 0 Å². The Morgan fingerprint density at radius 3 is 2.90 bits per heavy atom. The molecule has 2 aliphatic rings. The molecular formula is C17H24N2O2. The van der Waals surface area contributed by atoms with Gasteiger partial charge in [0.1, 0.15) is 0 Å². The lowest BCUT2D eigenvalue weighted by atomic mass is 10.1. The van der Waals surface area contributed by atoms with Crippen LogP contribution in [0.2, 0.25) is 0 Å². The summed E-state index contributed by atoms with van der Waals surface area (Å²) in [6.07, 6.45) is 2.93. The fourth-order valence-electron chi connectivity index (χ4n) is 3.47. The lowest BCUT2D eigenvalue weighted by molar-refractivity contribution is -0.129. The van der Waals surface area contributed by atoms with E-state index < -0.39 is 0 Å². The van der Waals surface area contributed by atoms with E-state index >= 15 is 0 Å². The van der Waals surface area contributed by atoms with Crippen molar-refractivity contribution in [3.63, 3.8) is 0 Å². The maximum absolute atomic E-state index is 12.6. The zero-order valence-electron chi connectivity index (χ0n) is 12.7. The van der Waals surface area contributed by atoms with E-state index in [-0.39, 0.29) is 18.0 Å². The summed E-state index contributed by atoms with van der Waals surface area (Å²) in [6.45, 7) is 5.26. The van der Waals surface area contributed by atoms with Crippen LogP contribution in [0, 0.1) is 0 Å². The van der Waals surface area contributed by atoms with Crippen LogP contribution in [-0.2, 0) is 16.0 Å². The van der Waals surface area contributed by atoms with Crippen molar-refractivity contribution in [1.29, 1.82) is 0 Å². The highest BCUT2D eigenvalue weighted by molar-refractivity contribution is 5.82. The van der Waals surface area contributed by atoms with E-state index in [9.17, 15) is 4.79 Å². The fraction of sp³-hybridized carbons (Fsp3) is 0.588. The van der Waals surface area contributed by atoms with Crippen molar-refractivity contribution < 1.29 is 9.53 Å². The number of rotatable bonds is 4. The Morgan fingerprint density at radius 2 is 2.14 bits per heavy atom. The summed E-state index contributed by atoms with van der Waals surface area (Å²) in [6, 6.07) is 8.60. The monoisotopic (exact) mass is 288 g/mol. The molecule has 1 aliphatic carbocycles. The van der Waals surface area contributed by atoms with Gasteiger partial charge in [0.2, 0.25) is 5.91 Å². The van der Waals surface area contributed by atoms with Crippen molar-refractivity contribution in [3.05, 3.63) is 35.4 Å². The molecule has 4 heteroatoms. The minimum absolute atomic E-state index is 0.0262. The summed E-state index contributed by atoms with van der Waals surface area (Å²) in [7, 11) is 0. The van der Waals surface area contributed by atoms with E-state index in [1.54, 1.807) is 0 Å². The molecule has 0 bridgehead atoms. The van der Waals surface area contributed by atoms with Gasteiger partial charge in [-0.05, 0) is 30.4 Å². The standard InChI is InChI=1S/C17H24N2O2/c1-2-16(19-9-11-21-12-10-19)17(20)18-15-8-7-13-5-3-4-6-14(13)15/h3-6,15-16H,2,7-12H2,1H3,(H,18,20). The zero-order valence-corrected chi connectivity index (χ0v) is 12.7. The molecule has 1 aliphatic heterocycles. The molecule has 1 heterocycles. The summed E-state index contributed by atoms with van der Waals surface area (Å²) in [5.74, 6) is 0.168. The highest BCUT2D eigenvalue weighted by Crippen LogP contribution is 2.30. The predicted octanol–water partition coefficient (Wildman–Crippen LogP) is 1.90. The van der Waals surface area contributed by atoms with Crippen molar-refractivity contribution >= 4 is 5.91 Å². The molecule has 0 spiro atoms. The van der Waals surface area contributed by atoms with Gasteiger partial charge in [0, 0.05) is 13.1 Å². The van der Waals surface area contributed by atoms with Gasteiger partial charge >= 0.3 is 0 Å². The minimum atomic E-state index is -0.0262. The normalized spacial score (nSPS) is 23.6. The number of carbonyl (C=O) groups excluding carboxylic acids is 1. The second kappa shape index (κ2) is 6.58. The summed E-state index contributed by atoms with van der Waals surface area (Å²) in [5, 5.41) is 3.26. The zero-order chi connectivity index (χ0) is 14.7. The molecular weight excluding hydrogens is 264 g/mol. The molecule has 2 atom stereocenters. The van der Waals surface area contributed by atoms with Gasteiger partial charge in [-0.2, -0.15) is 0 Å². The molecule has 1 fully saturated rings. The molecule has 1 aromatic carbocycles. The van der Waals surface area contributed by atoms with E-state index in [1.807, 2.05) is 0 Å². The molecule has 21 heavy (non-hydrogen) atoms. The van der Waals surface area contributed by atoms with E-state index in [2.05, 4.69) is 41.4 Å². The number of hydrogen-bond donors (Lipinski definition) is 1. The third kappa shape index (κ3) is 3.11. The van der Waals surface area contributed by atoms with Crippen LogP contribution in [-0.4, -0.2) is 43.2 Å². The highest BCUT2D eigenvalue weighted by Gasteiger charge is 2.29. The van der Waals surface area contributed by atoms with Crippen molar-refractivity contribution in [2.45, 2.75) is 38.3 Å². The van der Waals surface area contributed by atoms with Gasteiger partial charge in [-0.25, -0.2) is 0 Å². The quantitative estimate of drug-likeness (QED) is 0.920. The first-order chi connectivity index (χ1) is 10.3. The number of amides is 1. The highest BCUT2D eigenvalue weighted by atomic mass is 16.5. The Balaban J connectivity index is 1.65. The fourth-order valence-corrected chi connectivity index (χ4v) is 3.47. The molecule has 4 nitrogen and oxygen atoms in total. The molecule has 114 valence electrons. The molecule has 1 amide bonds. The Bertz CT molecular complexity index is 497. The summed E-state index contributed by atoms with van der Waals surface area (Å²) < 4.78 is 5.38. The van der Waals surface area contributed by atoms with Gasteiger partial charge < -0.3 is 10.1 Å². The number of nitrogens with one attached hydrogen (secondary N) is 1. The smallest absolute Gasteiger partial charge is 0.237 e. The first kappa shape index (κ1) is 14.5. The average molecular weight is 288 g/mol. The van der Waals surface area contributed by atoms with Crippen molar-refractivity contribution in [2.24, 2.45) is 0 Å². The number of nitrogens with zero attached hydrogens (tertiary/aromatic N) is 1. The van der Waals surface area contributed by atoms with Crippen LogP contribution in [0.3, 0.4) is 0 Å². The molecule has 3 rings (SSSR count). The topological polar surface area (TPSA) is 41.6 Å². The summed E-state index contributed by atoms with van der Waals surface area (Å²) in [5.41, 5.74) is 2.67. The summed E-state index contributed by atoms with van der Waals surface area (Å²) >= 11 is 0. The maximum atomic E-state index is 12.6. The molecule has 2 unspecified atom stereocenters. The number of carbonyl (C=O) groups is 1. The Kier molecular flexibility index (Phi) is 4.56. The second-order valence-corrected chi connectivity index (χ2v) is 5.87. The third-order valence-corrected chi connectivity index (χ3v) is 4.63. The van der Waals surface area contributed by atoms with Crippen molar-refractivity contribution in [3.8, 4) is 0 Å². The molecule has 0 aromatic heterocycles. The van der Waals surface area contributed by atoms with Crippen LogP contribution in [0.5, 0.6) is 0 Å². The number of ether oxygens (including phenoxy) is 1. The van der Waals surface area contributed by atoms with Gasteiger partial charge in [0.15, 0.2) is 0 Å². The molecule has 0 radical (unpaired) electrons. The number of hydrogen-bond acceptors (Lipinski definition) is 3. The SMILES string of the molecule is CCC(C(=O)NC1CCc2ccccc21)N1CCOCC1. The number of benzene rings is 1. The van der Waals surface area contributed by atoms with E-state index in [1.165, 1.54) is 11.1 Å². The number of morpholine rings is 1. The Hall–Kier alpha value is -1.39. The molecule has 0 saturated carbocycles. The average Bonchev–Trinajstić information content (AvgIpc) is 2.92. The largest absolute Gasteiger partial charge is 0.379 e. The molecule has 1 N–H and O–H groups in total. The van der Waals surface area contributed by atoms with E-state index in [0.717, 1.165) is 45.6 Å². The van der Waals surface area contributed by atoms with Crippen LogP contribution in [0.4, 0.5) is 0 Å². The van der Waals surface area contributed by atoms with Crippen LogP contribution in [0.15, 0.2) is 24.3 Å². The van der Waals surface area contributed by atoms with Gasteiger partial charge in [-0.3, -0.25) is 9.69 Å². The number of fused-ring (bicyclic) bond motifs is 1. The van der Waals surface area contributed by atoms with E-state index in [0.29, 0.717) is 0 Å². The first-order valence-corrected chi connectivity index (χ1v) is 7.99. The lowest BCUT2D eigenvalue weighted by Crippen LogP contribution is -2.51. The van der Waals surface area contributed by atoms with Crippen LogP contribution in [0.1, 0.15) is 36.9 Å². The van der Waals surface area contributed by atoms with Crippen molar-refractivity contribution in [1.82, 2.24) is 10.2 Å². The Labute approximate surface area is 126 Å². The summed E-state index contributed by atoms with van der Waals surface area (Å²) in [4.78, 5) is 14.9.